The molecule has 24 nitrogen and oxygen atoms in total. The Labute approximate surface area is 537 Å². The third-order valence-corrected chi connectivity index (χ3v) is 11.1. The Morgan fingerprint density at radius 3 is 2.03 bits per heavy atom. The fraction of sp³-hybridized carbons (Fsp3) is 0.226. The molecule has 0 saturated carbocycles. The average Bonchev–Trinajstić information content (AvgIpc) is 3.87. The van der Waals surface area contributed by atoms with Crippen molar-refractivity contribution in [2.24, 2.45) is 16.0 Å². The largest absolute Gasteiger partial charge is 1.00 e. The number of aliphatic imine (C=N–C) groups is 1. The SMILES string of the molecule is CN=COC1=NN(c2cc(SOO[O-])ccc2S(=O)(=O)[O-])C(=O)C1CC=C(C=Cc1c(C(=O)NC)[nH]n(-c2cc(SOO[O-])ccc2S(=O)(=O)[O-])c1=O)N1CCCC1=O.[K+].[K+].[K+].[K+]. The molecule has 0 aliphatic carbocycles. The molecule has 2 aromatic carbocycles. The van der Waals surface area contributed by atoms with Crippen LogP contribution in [0.5, 0.6) is 0 Å². The van der Waals surface area contributed by atoms with Gasteiger partial charge >= 0.3 is 206 Å². The summed E-state index contributed by atoms with van der Waals surface area (Å²) < 4.78 is 87.7. The van der Waals surface area contributed by atoms with Gasteiger partial charge < -0.3 is 34.6 Å². The van der Waals surface area contributed by atoms with E-state index in [0.29, 0.717) is 40.2 Å². The van der Waals surface area contributed by atoms with Crippen molar-refractivity contribution in [3.05, 3.63) is 75.9 Å². The second kappa shape index (κ2) is 28.8. The van der Waals surface area contributed by atoms with Crippen LogP contribution < -0.4 is 232 Å². The first-order chi connectivity index (χ1) is 28.0. The molecule has 3 amide bonds. The minimum Gasteiger partial charge on any atom is -0.744 e. The van der Waals surface area contributed by atoms with Crippen LogP contribution in [-0.2, 0) is 53.3 Å². The van der Waals surface area contributed by atoms with Crippen LogP contribution in [0.1, 0.15) is 35.3 Å². The van der Waals surface area contributed by atoms with Crippen LogP contribution in [0.25, 0.3) is 11.8 Å². The van der Waals surface area contributed by atoms with E-state index in [4.69, 9.17) is 4.74 Å². The summed E-state index contributed by atoms with van der Waals surface area (Å²) in [6.07, 6.45) is 4.90. The topological polar surface area (TPSA) is 339 Å². The number of nitrogens with one attached hydrogen (secondary N) is 2. The van der Waals surface area contributed by atoms with Gasteiger partial charge in [0.2, 0.25) is 11.8 Å². The van der Waals surface area contributed by atoms with Crippen molar-refractivity contribution in [3.8, 4) is 5.69 Å². The van der Waals surface area contributed by atoms with Crippen LogP contribution in [0.15, 0.2) is 88.7 Å². The Morgan fingerprint density at radius 2 is 1.52 bits per heavy atom. The molecule has 0 bridgehead atoms. The Bertz CT molecular complexity index is 2560. The number of amides is 3. The van der Waals surface area contributed by atoms with E-state index < -0.39 is 76.0 Å². The van der Waals surface area contributed by atoms with Crippen molar-refractivity contribution in [2.75, 3.05) is 25.6 Å². The molecule has 1 saturated heterocycles. The Balaban J connectivity index is 0.00000496. The molecule has 5 rings (SSSR count). The minimum atomic E-state index is -5.25. The number of aromatic amines is 1. The molecule has 32 heteroatoms. The standard InChI is InChI=1S/C31H31N7O17S4.4K/c1-32-16-51-29-21(31(42)38(35-29)23-15-19(57-55-53-44)8-12-25(23)59(48,49)50)10-6-17(36-13-3-4-26(36)39)5-9-20-27(28(40)33-2)34-37(30(20)41)22-14-18(56-54-52-43)7-11-24(22)58(45,46)47;;;;/h5-9,11-12,14-16,21,34,43-44H,3-4,10,13H2,1-2H3,(H,33,40)(H,45,46,47)(H,48,49,50);;;;/q;4*+1/p-4. The number of allylic oxidation sites excluding steroid dienone is 2. The van der Waals surface area contributed by atoms with E-state index in [9.17, 15) is 55.6 Å². The summed E-state index contributed by atoms with van der Waals surface area (Å²) >= 11 is 0.651. The van der Waals surface area contributed by atoms with Crippen LogP contribution in [0.4, 0.5) is 5.69 Å². The van der Waals surface area contributed by atoms with Gasteiger partial charge in [-0.1, -0.05) is 6.08 Å². The molecular weight excluding hydrogens is 1030 g/mol. The number of carbonyl (C=O) groups excluding carboxylic acids is 3. The van der Waals surface area contributed by atoms with Gasteiger partial charge in [0.25, 0.3) is 17.4 Å². The molecular formula is C31H27K4N7O17S4. The predicted molar refractivity (Wildman–Crippen MR) is 195 cm³/mol. The maximum Gasteiger partial charge on any atom is 1.00 e. The number of likely N-dealkylation sites (tertiary alicyclic amines) is 1. The summed E-state index contributed by atoms with van der Waals surface area (Å²) in [6.45, 7) is 0.175. The zero-order valence-corrected chi connectivity index (χ0v) is 49.7. The normalized spacial score (nSPS) is 15.5. The summed E-state index contributed by atoms with van der Waals surface area (Å²) in [5.74, 6) is -3.84. The summed E-state index contributed by atoms with van der Waals surface area (Å²) in [6, 6.07) is 5.90. The molecule has 2 N–H and O–H groups in total. The fourth-order valence-electron chi connectivity index (χ4n) is 5.69. The van der Waals surface area contributed by atoms with Gasteiger partial charge in [-0.3, -0.25) is 39.3 Å². The number of nitrogens with zero attached hydrogens (tertiary/aromatic N) is 5. The Morgan fingerprint density at radius 1 is 0.952 bits per heavy atom. The van der Waals surface area contributed by atoms with Crippen LogP contribution in [0.2, 0.25) is 0 Å². The van der Waals surface area contributed by atoms with Crippen molar-refractivity contribution in [1.29, 1.82) is 0 Å². The van der Waals surface area contributed by atoms with Gasteiger partial charge in [0.15, 0.2) is 6.40 Å². The molecule has 1 aromatic heterocycles. The molecule has 1 fully saturated rings. The van der Waals surface area contributed by atoms with Crippen molar-refractivity contribution in [3.63, 3.8) is 0 Å². The molecule has 3 aromatic rings. The van der Waals surface area contributed by atoms with Gasteiger partial charge in [0, 0.05) is 42.5 Å². The van der Waals surface area contributed by atoms with E-state index in [-0.39, 0.29) is 252 Å². The third-order valence-electron chi connectivity index (χ3n) is 8.22. The Kier molecular flexibility index (Phi) is 28.5. The minimum absolute atomic E-state index is 0. The zero-order chi connectivity index (χ0) is 43.1. The maximum atomic E-state index is 13.9. The van der Waals surface area contributed by atoms with Gasteiger partial charge in [-0.25, -0.2) is 21.5 Å². The first-order valence-corrected chi connectivity index (χ1v) is 20.6. The first kappa shape index (κ1) is 62.3. The summed E-state index contributed by atoms with van der Waals surface area (Å²) in [4.78, 5) is 57.1. The number of hydrogen-bond donors (Lipinski definition) is 2. The fourth-order valence-corrected chi connectivity index (χ4v) is 7.75. The predicted octanol–water partition coefficient (Wildman–Crippen LogP) is -12.6. The number of carbonyl (C=O) groups is 3. The van der Waals surface area contributed by atoms with E-state index in [0.717, 1.165) is 48.9 Å². The van der Waals surface area contributed by atoms with E-state index in [1.54, 1.807) is 0 Å². The number of rotatable bonds is 17. The molecule has 2 aliphatic heterocycles. The molecule has 0 radical (unpaired) electrons. The van der Waals surface area contributed by atoms with Crippen LogP contribution >= 0.6 is 24.1 Å². The molecule has 63 heavy (non-hydrogen) atoms. The number of aromatic nitrogens is 2. The van der Waals surface area contributed by atoms with Gasteiger partial charge in [-0.2, -0.15) is 13.7 Å². The summed E-state index contributed by atoms with van der Waals surface area (Å²) in [5, 5.41) is 36.8. The monoisotopic (exact) mass is 1050 g/mol. The molecule has 1 unspecified atom stereocenters. The van der Waals surface area contributed by atoms with Crippen molar-refractivity contribution in [2.45, 2.75) is 38.8 Å². The number of ether oxygens (including phenoxy) is 1. The summed E-state index contributed by atoms with van der Waals surface area (Å²) in [5.41, 5.74) is -2.88. The zero-order valence-electron chi connectivity index (χ0n) is 34.0. The first-order valence-electron chi connectivity index (χ1n) is 16.3. The molecule has 3 heterocycles. The summed E-state index contributed by atoms with van der Waals surface area (Å²) in [7, 11) is -7.90. The number of anilines is 1. The van der Waals surface area contributed by atoms with Crippen LogP contribution in [0, 0.1) is 5.92 Å². The quantitative estimate of drug-likeness (QED) is 0.0185. The number of H-pyrrole nitrogens is 1. The molecule has 1 atom stereocenters. The van der Waals surface area contributed by atoms with E-state index in [2.05, 4.69) is 39.3 Å². The van der Waals surface area contributed by atoms with Gasteiger partial charge in [-0.15, -0.1) is 5.10 Å². The number of benzene rings is 2. The second-order valence-corrected chi connectivity index (χ2v) is 15.9. The van der Waals surface area contributed by atoms with Gasteiger partial charge in [-0.05, 0) is 61.4 Å². The Hall–Kier alpha value is 1.31. The molecule has 2 aliphatic rings. The van der Waals surface area contributed by atoms with E-state index >= 15 is 0 Å². The van der Waals surface area contributed by atoms with Gasteiger partial charge in [0.1, 0.15) is 31.8 Å². The van der Waals surface area contributed by atoms with Crippen molar-refractivity contribution in [1.82, 2.24) is 20.0 Å². The van der Waals surface area contributed by atoms with Gasteiger partial charge in [0.05, 0.1) is 50.8 Å². The van der Waals surface area contributed by atoms with Crippen LogP contribution in [0.3, 0.4) is 0 Å². The van der Waals surface area contributed by atoms with Crippen molar-refractivity contribution < 1.29 is 280 Å². The second-order valence-electron chi connectivity index (χ2n) is 11.7. The third kappa shape index (κ3) is 16.2. The van der Waals surface area contributed by atoms with E-state index in [1.165, 1.54) is 31.1 Å². The van der Waals surface area contributed by atoms with Crippen LogP contribution in [-0.4, -0.2) is 91.3 Å². The molecule has 0 spiro atoms. The van der Waals surface area contributed by atoms with Crippen molar-refractivity contribution >= 4 is 86.1 Å². The average molecular weight is 1050 g/mol. The number of hydrogen-bond acceptors (Lipinski definition) is 21. The maximum absolute atomic E-state index is 13.9. The van der Waals surface area contributed by atoms with E-state index in [1.807, 2.05) is 0 Å². The number of hydrazone groups is 1. The smallest absolute Gasteiger partial charge is 0.744 e. The molecule has 316 valence electrons.